The lowest BCUT2D eigenvalue weighted by molar-refractivity contribution is -0.137. The normalized spacial score (nSPS) is 13.8. The van der Waals surface area contributed by atoms with Crippen molar-refractivity contribution in [2.24, 2.45) is 0 Å². The number of carboxylic acids is 1. The predicted octanol–water partition coefficient (Wildman–Crippen LogP) is 3.46. The summed E-state index contributed by atoms with van der Waals surface area (Å²) in [5.74, 6) is -1.57. The Hall–Kier alpha value is -1.92. The van der Waals surface area contributed by atoms with Crippen LogP contribution in [0.3, 0.4) is 0 Å². The van der Waals surface area contributed by atoms with Gasteiger partial charge in [-0.25, -0.2) is 4.39 Å². The molecule has 112 valence electrons. The number of halogens is 1. The molecule has 0 aliphatic heterocycles. The summed E-state index contributed by atoms with van der Waals surface area (Å²) in [5.41, 5.74) is 0.389. The Morgan fingerprint density at radius 1 is 1.43 bits per heavy atom. The van der Waals surface area contributed by atoms with Gasteiger partial charge in [-0.1, -0.05) is 12.1 Å². The molecule has 0 saturated heterocycles. The van der Waals surface area contributed by atoms with E-state index >= 15 is 0 Å². The van der Waals surface area contributed by atoms with Crippen molar-refractivity contribution in [3.63, 3.8) is 0 Å². The van der Waals surface area contributed by atoms with Gasteiger partial charge in [-0.3, -0.25) is 4.79 Å². The first-order valence-corrected chi connectivity index (χ1v) is 7.35. The fourth-order valence-electron chi connectivity index (χ4n) is 2.16. The number of hydrogen-bond donors (Lipinski definition) is 3. The summed E-state index contributed by atoms with van der Waals surface area (Å²) in [4.78, 5) is 11.9. The zero-order chi connectivity index (χ0) is 15.4. The summed E-state index contributed by atoms with van der Waals surface area (Å²) in [6.07, 6.45) is -0.0788. The Labute approximate surface area is 125 Å². The van der Waals surface area contributed by atoms with E-state index in [2.05, 4.69) is 5.32 Å². The quantitative estimate of drug-likeness (QED) is 0.764. The van der Waals surface area contributed by atoms with Gasteiger partial charge in [0.2, 0.25) is 0 Å². The lowest BCUT2D eigenvalue weighted by atomic mass is 10.0. The van der Waals surface area contributed by atoms with E-state index in [1.807, 2.05) is 17.5 Å². The van der Waals surface area contributed by atoms with Crippen molar-refractivity contribution >= 4 is 17.3 Å². The van der Waals surface area contributed by atoms with Gasteiger partial charge in [0.15, 0.2) is 0 Å². The summed E-state index contributed by atoms with van der Waals surface area (Å²) in [6, 6.07) is 6.89. The molecule has 3 N–H and O–H groups in total. The summed E-state index contributed by atoms with van der Waals surface area (Å²) >= 11 is 1.46. The first-order chi connectivity index (χ1) is 9.97. The maximum atomic E-state index is 13.8. The van der Waals surface area contributed by atoms with Crippen molar-refractivity contribution in [3.05, 3.63) is 52.0 Å². The van der Waals surface area contributed by atoms with Gasteiger partial charge in [0.25, 0.3) is 0 Å². The second-order valence-corrected chi connectivity index (χ2v) is 5.74. The Balaban J connectivity index is 2.17. The maximum absolute atomic E-state index is 13.8. The Morgan fingerprint density at radius 3 is 2.76 bits per heavy atom. The van der Waals surface area contributed by atoms with E-state index < -0.39 is 11.8 Å². The van der Waals surface area contributed by atoms with Gasteiger partial charge in [-0.2, -0.15) is 0 Å². The fourth-order valence-corrected chi connectivity index (χ4v) is 2.95. The third kappa shape index (κ3) is 4.03. The number of benzene rings is 1. The highest BCUT2D eigenvalue weighted by atomic mass is 32.1. The summed E-state index contributed by atoms with van der Waals surface area (Å²) < 4.78 is 13.8. The molecule has 0 aliphatic rings. The first kappa shape index (κ1) is 15.5. The molecule has 1 aromatic heterocycles. The van der Waals surface area contributed by atoms with E-state index in [-0.39, 0.29) is 24.3 Å². The second-order valence-electron chi connectivity index (χ2n) is 4.76. The van der Waals surface area contributed by atoms with Crippen molar-refractivity contribution in [1.29, 1.82) is 0 Å². The highest BCUT2D eigenvalue weighted by molar-refractivity contribution is 7.10. The molecule has 2 unspecified atom stereocenters. The lowest BCUT2D eigenvalue weighted by Gasteiger charge is -2.22. The molecule has 1 heterocycles. The van der Waals surface area contributed by atoms with Crippen LogP contribution in [0.4, 0.5) is 4.39 Å². The lowest BCUT2D eigenvalue weighted by Crippen LogP contribution is -2.26. The van der Waals surface area contributed by atoms with E-state index in [4.69, 9.17) is 5.11 Å². The van der Waals surface area contributed by atoms with Crippen LogP contribution >= 0.6 is 11.3 Å². The predicted molar refractivity (Wildman–Crippen MR) is 78.9 cm³/mol. The minimum atomic E-state index is -0.917. The molecule has 4 nitrogen and oxygen atoms in total. The number of phenols is 1. The molecule has 0 aliphatic carbocycles. The van der Waals surface area contributed by atoms with Crippen molar-refractivity contribution in [3.8, 4) is 5.75 Å². The molecule has 1 aromatic carbocycles. The van der Waals surface area contributed by atoms with Gasteiger partial charge < -0.3 is 15.5 Å². The SMILES string of the molecule is CC(NC(CC(=O)O)c1cccs1)c1ccc(O)cc1F. The summed E-state index contributed by atoms with van der Waals surface area (Å²) in [5, 5.41) is 23.3. The summed E-state index contributed by atoms with van der Waals surface area (Å²) in [6.45, 7) is 1.76. The van der Waals surface area contributed by atoms with Crippen molar-refractivity contribution in [2.75, 3.05) is 0 Å². The number of nitrogens with one attached hydrogen (secondary N) is 1. The number of aliphatic carboxylic acids is 1. The van der Waals surface area contributed by atoms with Gasteiger partial charge in [-0.05, 0) is 24.4 Å². The molecule has 0 fully saturated rings. The van der Waals surface area contributed by atoms with Crippen LogP contribution in [0.1, 0.15) is 35.9 Å². The van der Waals surface area contributed by atoms with Gasteiger partial charge in [0, 0.05) is 22.5 Å². The topological polar surface area (TPSA) is 69.6 Å². The Bertz CT molecular complexity index is 615. The Kier molecular flexibility index (Phi) is 4.93. The number of aromatic hydroxyl groups is 1. The monoisotopic (exact) mass is 309 g/mol. The molecule has 2 rings (SSSR count). The van der Waals surface area contributed by atoms with Gasteiger partial charge in [0.1, 0.15) is 11.6 Å². The van der Waals surface area contributed by atoms with Crippen LogP contribution in [0, 0.1) is 5.82 Å². The molecule has 0 bridgehead atoms. The standard InChI is InChI=1S/C15H16FNO3S/c1-9(11-5-4-10(18)7-12(11)16)17-13(8-15(19)20)14-3-2-6-21-14/h2-7,9,13,17-18H,8H2,1H3,(H,19,20). The number of hydrogen-bond acceptors (Lipinski definition) is 4. The zero-order valence-electron chi connectivity index (χ0n) is 11.4. The minimum absolute atomic E-state index is 0.0788. The van der Waals surface area contributed by atoms with E-state index in [1.165, 1.54) is 23.5 Å². The zero-order valence-corrected chi connectivity index (χ0v) is 12.2. The van der Waals surface area contributed by atoms with Crippen LogP contribution in [0.5, 0.6) is 5.75 Å². The average Bonchev–Trinajstić information content (AvgIpc) is 2.90. The van der Waals surface area contributed by atoms with E-state index in [1.54, 1.807) is 6.92 Å². The molecule has 2 atom stereocenters. The van der Waals surface area contributed by atoms with E-state index in [9.17, 15) is 14.3 Å². The largest absolute Gasteiger partial charge is 0.508 e. The third-order valence-corrected chi connectivity index (χ3v) is 4.15. The van der Waals surface area contributed by atoms with Crippen LogP contribution in [0.25, 0.3) is 0 Å². The molecular weight excluding hydrogens is 293 g/mol. The highest BCUT2D eigenvalue weighted by Crippen LogP contribution is 2.27. The van der Waals surface area contributed by atoms with Crippen LogP contribution in [-0.2, 0) is 4.79 Å². The molecule has 21 heavy (non-hydrogen) atoms. The van der Waals surface area contributed by atoms with Crippen molar-refractivity contribution in [2.45, 2.75) is 25.4 Å². The smallest absolute Gasteiger partial charge is 0.305 e. The molecular formula is C15H16FNO3S. The molecule has 0 spiro atoms. The summed E-state index contributed by atoms with van der Waals surface area (Å²) in [7, 11) is 0. The number of thiophene rings is 1. The van der Waals surface area contributed by atoms with Crippen LogP contribution in [0.2, 0.25) is 0 Å². The minimum Gasteiger partial charge on any atom is -0.508 e. The highest BCUT2D eigenvalue weighted by Gasteiger charge is 2.21. The van der Waals surface area contributed by atoms with E-state index in [0.29, 0.717) is 5.56 Å². The maximum Gasteiger partial charge on any atom is 0.305 e. The average molecular weight is 309 g/mol. The van der Waals surface area contributed by atoms with Gasteiger partial charge in [0.05, 0.1) is 12.5 Å². The van der Waals surface area contributed by atoms with Gasteiger partial charge in [-0.15, -0.1) is 11.3 Å². The molecule has 0 amide bonds. The fraction of sp³-hybridized carbons (Fsp3) is 0.267. The van der Waals surface area contributed by atoms with Crippen LogP contribution < -0.4 is 5.32 Å². The Morgan fingerprint density at radius 2 is 2.19 bits per heavy atom. The first-order valence-electron chi connectivity index (χ1n) is 6.47. The second kappa shape index (κ2) is 6.69. The third-order valence-electron chi connectivity index (χ3n) is 3.17. The number of rotatable bonds is 6. The molecule has 2 aromatic rings. The molecule has 0 radical (unpaired) electrons. The van der Waals surface area contributed by atoms with Crippen molar-refractivity contribution < 1.29 is 19.4 Å². The van der Waals surface area contributed by atoms with Crippen molar-refractivity contribution in [1.82, 2.24) is 5.32 Å². The number of phenolic OH excluding ortho intramolecular Hbond substituents is 1. The van der Waals surface area contributed by atoms with Gasteiger partial charge >= 0.3 is 5.97 Å². The van der Waals surface area contributed by atoms with E-state index in [0.717, 1.165) is 10.9 Å². The number of carboxylic acid groups (broad SMARTS) is 1. The molecule has 6 heteroatoms. The molecule has 0 saturated carbocycles. The van der Waals surface area contributed by atoms with Crippen LogP contribution in [0.15, 0.2) is 35.7 Å². The number of carbonyl (C=O) groups is 1. The van der Waals surface area contributed by atoms with Crippen LogP contribution in [-0.4, -0.2) is 16.2 Å².